The van der Waals surface area contributed by atoms with E-state index in [1.807, 2.05) is 6.92 Å². The second-order valence-corrected chi connectivity index (χ2v) is 7.00. The summed E-state index contributed by atoms with van der Waals surface area (Å²) in [5, 5.41) is 9.35. The molecule has 142 valence electrons. The molecule has 1 saturated carbocycles. The molecule has 1 fully saturated rings. The van der Waals surface area contributed by atoms with Gasteiger partial charge < -0.3 is 19.3 Å². The van der Waals surface area contributed by atoms with Crippen molar-refractivity contribution in [3.8, 4) is 11.5 Å². The molecule has 6 heteroatoms. The Kier molecular flexibility index (Phi) is 6.29. The number of carboxylic acid groups (broad SMARTS) is 1. The highest BCUT2D eigenvalue weighted by Gasteiger charge is 2.38. The predicted octanol–water partition coefficient (Wildman–Crippen LogP) is 3.68. The maximum Gasteiger partial charge on any atom is 0.345 e. The van der Waals surface area contributed by atoms with Crippen LogP contribution in [0.5, 0.6) is 11.5 Å². The first-order chi connectivity index (χ1) is 12.3. The minimum Gasteiger partial charge on any atom is -0.493 e. The van der Waals surface area contributed by atoms with Crippen molar-refractivity contribution in [2.45, 2.75) is 46.1 Å². The first-order valence-electron chi connectivity index (χ1n) is 8.75. The highest BCUT2D eigenvalue weighted by atomic mass is 16.5. The van der Waals surface area contributed by atoms with Crippen molar-refractivity contribution in [1.82, 2.24) is 0 Å². The van der Waals surface area contributed by atoms with Gasteiger partial charge in [0.2, 0.25) is 0 Å². The number of ether oxygens (including phenoxy) is 3. The number of carbonyl (C=O) groups is 2. The largest absolute Gasteiger partial charge is 0.493 e. The summed E-state index contributed by atoms with van der Waals surface area (Å²) in [7, 11) is 1.54. The van der Waals surface area contributed by atoms with Crippen LogP contribution in [0.4, 0.5) is 0 Å². The summed E-state index contributed by atoms with van der Waals surface area (Å²) in [6.45, 7) is 6.29. The number of carboxylic acids is 1. The molecule has 0 bridgehead atoms. The number of carbonyl (C=O) groups excluding carboxylic acids is 1. The molecule has 1 aliphatic carbocycles. The van der Waals surface area contributed by atoms with Gasteiger partial charge in [-0.2, -0.15) is 0 Å². The van der Waals surface area contributed by atoms with E-state index in [2.05, 4.69) is 6.92 Å². The van der Waals surface area contributed by atoms with Gasteiger partial charge in [0, 0.05) is 5.41 Å². The van der Waals surface area contributed by atoms with Gasteiger partial charge in [-0.25, -0.2) is 9.59 Å². The normalized spacial score (nSPS) is 16.5. The van der Waals surface area contributed by atoms with E-state index >= 15 is 0 Å². The van der Waals surface area contributed by atoms with Crippen LogP contribution in [0, 0.1) is 5.41 Å². The van der Waals surface area contributed by atoms with Crippen LogP contribution in [-0.2, 0) is 14.3 Å². The minimum absolute atomic E-state index is 0.198. The maximum absolute atomic E-state index is 12.1. The predicted molar refractivity (Wildman–Crippen MR) is 97.3 cm³/mol. The van der Waals surface area contributed by atoms with E-state index in [0.29, 0.717) is 30.1 Å². The van der Waals surface area contributed by atoms with Gasteiger partial charge >= 0.3 is 11.9 Å². The molecule has 1 unspecified atom stereocenters. The Morgan fingerprint density at radius 1 is 1.31 bits per heavy atom. The van der Waals surface area contributed by atoms with Crippen LogP contribution in [0.15, 0.2) is 23.8 Å². The summed E-state index contributed by atoms with van der Waals surface area (Å²) in [4.78, 5) is 23.6. The molecule has 0 amide bonds. The lowest BCUT2D eigenvalue weighted by molar-refractivity contribution is -0.147. The molecular weight excluding hydrogens is 336 g/mol. The minimum atomic E-state index is -1.33. The first-order valence-corrected chi connectivity index (χ1v) is 8.75. The van der Waals surface area contributed by atoms with E-state index in [1.54, 1.807) is 32.2 Å². The molecular formula is C20H26O6. The zero-order valence-corrected chi connectivity index (χ0v) is 15.7. The highest BCUT2D eigenvalue weighted by Crippen LogP contribution is 2.45. The third-order valence-corrected chi connectivity index (χ3v) is 4.51. The van der Waals surface area contributed by atoms with Crippen molar-refractivity contribution in [3.05, 3.63) is 29.3 Å². The van der Waals surface area contributed by atoms with E-state index in [0.717, 1.165) is 12.8 Å². The fourth-order valence-corrected chi connectivity index (χ4v) is 2.21. The molecule has 26 heavy (non-hydrogen) atoms. The van der Waals surface area contributed by atoms with E-state index in [4.69, 9.17) is 14.2 Å². The molecule has 0 saturated heterocycles. The summed E-state index contributed by atoms with van der Waals surface area (Å²) in [5.74, 6) is -1.10. The van der Waals surface area contributed by atoms with E-state index in [1.165, 1.54) is 6.08 Å². The van der Waals surface area contributed by atoms with Gasteiger partial charge in [-0.1, -0.05) is 19.9 Å². The number of benzene rings is 1. The zero-order valence-electron chi connectivity index (χ0n) is 15.7. The lowest BCUT2D eigenvalue weighted by Gasteiger charge is -2.15. The Morgan fingerprint density at radius 2 is 2.00 bits per heavy atom. The van der Waals surface area contributed by atoms with Crippen LogP contribution in [0.1, 0.15) is 45.6 Å². The summed E-state index contributed by atoms with van der Waals surface area (Å²) in [5.41, 5.74) is 0.305. The Hall–Kier alpha value is -2.50. The maximum atomic E-state index is 12.1. The Labute approximate surface area is 153 Å². The van der Waals surface area contributed by atoms with Crippen LogP contribution in [0.3, 0.4) is 0 Å². The Balaban J connectivity index is 2.24. The molecule has 0 heterocycles. The summed E-state index contributed by atoms with van der Waals surface area (Å²) in [6, 6.07) is 5.03. The summed E-state index contributed by atoms with van der Waals surface area (Å²) < 4.78 is 16.3. The molecule has 0 spiro atoms. The number of methoxy groups -OCH3 is 1. The molecule has 1 N–H and O–H groups in total. The van der Waals surface area contributed by atoms with Gasteiger partial charge in [-0.3, -0.25) is 0 Å². The van der Waals surface area contributed by atoms with Crippen LogP contribution in [-0.4, -0.2) is 36.9 Å². The fraction of sp³-hybridized carbons (Fsp3) is 0.500. The highest BCUT2D eigenvalue weighted by molar-refractivity contribution is 6.17. The summed E-state index contributed by atoms with van der Waals surface area (Å²) >= 11 is 0. The van der Waals surface area contributed by atoms with Crippen LogP contribution in [0.25, 0.3) is 6.08 Å². The number of rotatable bonds is 9. The topological polar surface area (TPSA) is 82.1 Å². The molecule has 0 aliphatic heterocycles. The van der Waals surface area contributed by atoms with Crippen molar-refractivity contribution in [2.75, 3.05) is 13.7 Å². The van der Waals surface area contributed by atoms with Crippen LogP contribution < -0.4 is 9.47 Å². The molecule has 1 aliphatic rings. The number of hydrogen-bond acceptors (Lipinski definition) is 5. The lowest BCUT2D eigenvalue weighted by Crippen LogP contribution is -2.20. The van der Waals surface area contributed by atoms with Gasteiger partial charge in [0.15, 0.2) is 11.5 Å². The smallest absolute Gasteiger partial charge is 0.345 e. The van der Waals surface area contributed by atoms with Gasteiger partial charge in [-0.15, -0.1) is 0 Å². The third kappa shape index (κ3) is 5.25. The van der Waals surface area contributed by atoms with Gasteiger partial charge in [0.1, 0.15) is 5.57 Å². The van der Waals surface area contributed by atoms with Crippen molar-refractivity contribution >= 4 is 18.0 Å². The standard InChI is InChI=1S/C20H26O6/c1-5-13(2)26-19(23)15(18(21)22)10-14-6-7-16(24-4)17(11-14)25-12-20(3)8-9-20/h6-7,10-11,13H,5,8-9,12H2,1-4H3,(H,21,22). The second-order valence-electron chi connectivity index (χ2n) is 7.00. The van der Waals surface area contributed by atoms with Gasteiger partial charge in [0.05, 0.1) is 19.8 Å². The van der Waals surface area contributed by atoms with Gasteiger partial charge in [-0.05, 0) is 50.0 Å². The second kappa shape index (κ2) is 8.25. The lowest BCUT2D eigenvalue weighted by atomic mass is 10.1. The van der Waals surface area contributed by atoms with Crippen molar-refractivity contribution in [3.63, 3.8) is 0 Å². The van der Waals surface area contributed by atoms with Crippen molar-refractivity contribution in [2.24, 2.45) is 5.41 Å². The number of aliphatic carboxylic acids is 1. The SMILES string of the molecule is CCC(C)OC(=O)C(=Cc1ccc(OC)c(OCC2(C)CC2)c1)C(=O)O. The Bertz CT molecular complexity index is 702. The van der Waals surface area contributed by atoms with E-state index in [9.17, 15) is 14.7 Å². The molecule has 2 rings (SSSR count). The average Bonchev–Trinajstić information content (AvgIpc) is 3.35. The molecule has 1 aromatic carbocycles. The van der Waals surface area contributed by atoms with Crippen LogP contribution in [0.2, 0.25) is 0 Å². The molecule has 0 radical (unpaired) electrons. The quantitative estimate of drug-likeness (QED) is 0.312. The first kappa shape index (κ1) is 19.8. The Morgan fingerprint density at radius 3 is 2.54 bits per heavy atom. The number of esters is 1. The molecule has 1 aromatic rings. The van der Waals surface area contributed by atoms with Gasteiger partial charge in [0.25, 0.3) is 0 Å². The monoisotopic (exact) mass is 362 g/mol. The number of hydrogen-bond donors (Lipinski definition) is 1. The molecule has 0 aromatic heterocycles. The van der Waals surface area contributed by atoms with Crippen molar-refractivity contribution < 1.29 is 28.9 Å². The van der Waals surface area contributed by atoms with E-state index in [-0.39, 0.29) is 11.5 Å². The molecule has 1 atom stereocenters. The third-order valence-electron chi connectivity index (χ3n) is 4.51. The molecule has 6 nitrogen and oxygen atoms in total. The zero-order chi connectivity index (χ0) is 19.3. The van der Waals surface area contributed by atoms with E-state index < -0.39 is 17.5 Å². The summed E-state index contributed by atoms with van der Waals surface area (Å²) in [6.07, 6.45) is 3.80. The van der Waals surface area contributed by atoms with Crippen molar-refractivity contribution in [1.29, 1.82) is 0 Å². The van der Waals surface area contributed by atoms with Crippen LogP contribution >= 0.6 is 0 Å². The fourth-order valence-electron chi connectivity index (χ4n) is 2.21. The average molecular weight is 362 g/mol.